The van der Waals surface area contributed by atoms with Crippen LogP contribution in [0.4, 0.5) is 0 Å². The molecule has 0 saturated heterocycles. The fourth-order valence-electron chi connectivity index (χ4n) is 1.07. The maximum atomic E-state index is 10.6. The van der Waals surface area contributed by atoms with Crippen molar-refractivity contribution in [3.63, 3.8) is 0 Å². The van der Waals surface area contributed by atoms with Gasteiger partial charge in [0.1, 0.15) is 5.52 Å². The van der Waals surface area contributed by atoms with Gasteiger partial charge in [-0.1, -0.05) is 16.8 Å². The maximum absolute atomic E-state index is 10.6. The first-order valence-corrected chi connectivity index (χ1v) is 3.84. The Morgan fingerprint density at radius 2 is 2.31 bits per heavy atom. The minimum absolute atomic E-state index is 0.183. The van der Waals surface area contributed by atoms with Crippen molar-refractivity contribution in [2.75, 3.05) is 0 Å². The van der Waals surface area contributed by atoms with Crippen molar-refractivity contribution >= 4 is 28.5 Å². The largest absolute Gasteiger partial charge is 0.475 e. The third kappa shape index (κ3) is 1.25. The minimum Gasteiger partial charge on any atom is -0.475 e. The summed E-state index contributed by atoms with van der Waals surface area (Å²) in [4.78, 5) is 10.6. The van der Waals surface area contributed by atoms with Crippen molar-refractivity contribution in [3.05, 3.63) is 29.0 Å². The number of aromatic carboxylic acids is 1. The average molecular weight is 198 g/mol. The van der Waals surface area contributed by atoms with Gasteiger partial charge in [-0.3, -0.25) is 0 Å². The van der Waals surface area contributed by atoms with E-state index in [1.807, 2.05) is 0 Å². The summed E-state index contributed by atoms with van der Waals surface area (Å²) >= 11 is 5.69. The van der Waals surface area contributed by atoms with E-state index in [0.29, 0.717) is 15.9 Å². The standard InChI is InChI=1S/C8H4ClNO3/c9-4-1-2-6-5(3-4)7(8(11)12)13-10-6/h1-3H,(H,11,12). The number of halogens is 1. The van der Waals surface area contributed by atoms with Gasteiger partial charge in [0, 0.05) is 5.02 Å². The second kappa shape index (κ2) is 2.74. The highest BCUT2D eigenvalue weighted by Gasteiger charge is 2.14. The lowest BCUT2D eigenvalue weighted by atomic mass is 10.2. The summed E-state index contributed by atoms with van der Waals surface area (Å²) in [6.07, 6.45) is 0. The number of hydrogen-bond donors (Lipinski definition) is 1. The van der Waals surface area contributed by atoms with Gasteiger partial charge in [-0.15, -0.1) is 0 Å². The van der Waals surface area contributed by atoms with E-state index in [1.54, 1.807) is 12.1 Å². The van der Waals surface area contributed by atoms with Crippen LogP contribution in [0.1, 0.15) is 10.6 Å². The number of carboxylic acid groups (broad SMARTS) is 1. The first-order chi connectivity index (χ1) is 6.18. The number of hydrogen-bond acceptors (Lipinski definition) is 3. The van der Waals surface area contributed by atoms with Crippen LogP contribution >= 0.6 is 11.6 Å². The molecule has 0 atom stereocenters. The van der Waals surface area contributed by atoms with Crippen molar-refractivity contribution in [1.29, 1.82) is 0 Å². The summed E-state index contributed by atoms with van der Waals surface area (Å²) in [5, 5.41) is 13.1. The molecule has 0 unspecified atom stereocenters. The number of carbonyl (C=O) groups is 1. The predicted molar refractivity (Wildman–Crippen MR) is 46.0 cm³/mol. The Morgan fingerprint density at radius 3 is 3.00 bits per heavy atom. The number of carboxylic acids is 1. The van der Waals surface area contributed by atoms with E-state index in [4.69, 9.17) is 16.7 Å². The minimum atomic E-state index is -1.15. The van der Waals surface area contributed by atoms with Gasteiger partial charge in [-0.2, -0.15) is 0 Å². The van der Waals surface area contributed by atoms with Crippen LogP contribution in [0.2, 0.25) is 5.02 Å². The third-order valence-electron chi connectivity index (χ3n) is 1.63. The molecule has 1 aromatic carbocycles. The summed E-state index contributed by atoms with van der Waals surface area (Å²) in [6.45, 7) is 0. The Labute approximate surface area is 77.7 Å². The third-order valence-corrected chi connectivity index (χ3v) is 1.87. The average Bonchev–Trinajstić information content (AvgIpc) is 2.46. The number of aromatic nitrogens is 1. The number of fused-ring (bicyclic) bond motifs is 1. The Hall–Kier alpha value is -1.55. The Kier molecular flexibility index (Phi) is 1.70. The second-order valence-electron chi connectivity index (χ2n) is 2.48. The van der Waals surface area contributed by atoms with Crippen LogP contribution < -0.4 is 0 Å². The molecular formula is C8H4ClNO3. The van der Waals surface area contributed by atoms with Gasteiger partial charge in [0.2, 0.25) is 0 Å². The Bertz CT molecular complexity index is 477. The molecule has 0 spiro atoms. The van der Waals surface area contributed by atoms with Crippen LogP contribution in [0, 0.1) is 0 Å². The summed E-state index contributed by atoms with van der Waals surface area (Å²) < 4.78 is 4.62. The van der Waals surface area contributed by atoms with Crippen molar-refractivity contribution in [2.45, 2.75) is 0 Å². The zero-order chi connectivity index (χ0) is 9.42. The highest BCUT2D eigenvalue weighted by Crippen LogP contribution is 2.21. The van der Waals surface area contributed by atoms with E-state index >= 15 is 0 Å². The van der Waals surface area contributed by atoms with Crippen LogP contribution in [-0.4, -0.2) is 16.2 Å². The summed E-state index contributed by atoms with van der Waals surface area (Å²) in [5.74, 6) is -1.33. The van der Waals surface area contributed by atoms with Crippen LogP contribution in [0.3, 0.4) is 0 Å². The van der Waals surface area contributed by atoms with E-state index in [2.05, 4.69) is 9.68 Å². The molecule has 13 heavy (non-hydrogen) atoms. The molecule has 1 aromatic heterocycles. The van der Waals surface area contributed by atoms with Crippen molar-refractivity contribution in [3.8, 4) is 0 Å². The van der Waals surface area contributed by atoms with Crippen molar-refractivity contribution in [1.82, 2.24) is 5.16 Å². The van der Waals surface area contributed by atoms with E-state index in [0.717, 1.165) is 0 Å². The smallest absolute Gasteiger partial charge is 0.375 e. The van der Waals surface area contributed by atoms with E-state index in [9.17, 15) is 4.79 Å². The SMILES string of the molecule is O=C(O)c1onc2ccc(Cl)cc12. The Morgan fingerprint density at radius 1 is 1.54 bits per heavy atom. The molecule has 0 radical (unpaired) electrons. The molecule has 0 aliphatic carbocycles. The quantitative estimate of drug-likeness (QED) is 0.761. The second-order valence-corrected chi connectivity index (χ2v) is 2.91. The number of nitrogens with zero attached hydrogens (tertiary/aromatic N) is 1. The molecule has 0 aliphatic heterocycles. The van der Waals surface area contributed by atoms with Crippen LogP contribution in [0.25, 0.3) is 10.9 Å². The molecule has 66 valence electrons. The van der Waals surface area contributed by atoms with Crippen LogP contribution in [0.15, 0.2) is 22.7 Å². The fourth-order valence-corrected chi connectivity index (χ4v) is 1.24. The van der Waals surface area contributed by atoms with Gasteiger partial charge < -0.3 is 9.63 Å². The monoisotopic (exact) mass is 197 g/mol. The van der Waals surface area contributed by atoms with Crippen LogP contribution in [-0.2, 0) is 0 Å². The molecule has 2 aromatic rings. The lowest BCUT2D eigenvalue weighted by molar-refractivity contribution is 0.0655. The van der Waals surface area contributed by atoms with Gasteiger partial charge in [-0.25, -0.2) is 4.79 Å². The summed E-state index contributed by atoms with van der Waals surface area (Å²) in [6, 6.07) is 4.74. The number of rotatable bonds is 1. The van der Waals surface area contributed by atoms with Gasteiger partial charge in [0.25, 0.3) is 5.76 Å². The van der Waals surface area contributed by atoms with Crippen molar-refractivity contribution < 1.29 is 14.4 Å². The van der Waals surface area contributed by atoms with Gasteiger partial charge in [0.15, 0.2) is 0 Å². The van der Waals surface area contributed by atoms with Crippen LogP contribution in [0.5, 0.6) is 0 Å². The molecule has 0 bridgehead atoms. The zero-order valence-electron chi connectivity index (χ0n) is 6.32. The first-order valence-electron chi connectivity index (χ1n) is 3.47. The zero-order valence-corrected chi connectivity index (χ0v) is 7.08. The Balaban J connectivity index is 2.79. The van der Waals surface area contributed by atoms with Gasteiger partial charge in [0.05, 0.1) is 5.39 Å². The molecule has 4 nitrogen and oxygen atoms in total. The van der Waals surface area contributed by atoms with E-state index in [-0.39, 0.29) is 5.76 Å². The molecule has 5 heteroatoms. The normalized spacial score (nSPS) is 10.5. The molecule has 1 N–H and O–H groups in total. The lowest BCUT2D eigenvalue weighted by Crippen LogP contribution is -1.93. The maximum Gasteiger partial charge on any atom is 0.375 e. The number of benzene rings is 1. The predicted octanol–water partition coefficient (Wildman–Crippen LogP) is 2.18. The molecule has 0 amide bonds. The first kappa shape index (κ1) is 8.07. The topological polar surface area (TPSA) is 63.3 Å². The molecule has 0 aliphatic rings. The summed E-state index contributed by atoms with van der Waals surface area (Å²) in [5.41, 5.74) is 0.488. The fraction of sp³-hybridized carbons (Fsp3) is 0. The van der Waals surface area contributed by atoms with Gasteiger partial charge in [-0.05, 0) is 18.2 Å². The van der Waals surface area contributed by atoms with Crippen molar-refractivity contribution in [2.24, 2.45) is 0 Å². The summed E-state index contributed by atoms with van der Waals surface area (Å²) in [7, 11) is 0. The molecular weight excluding hydrogens is 194 g/mol. The lowest BCUT2D eigenvalue weighted by Gasteiger charge is -1.89. The molecule has 0 saturated carbocycles. The van der Waals surface area contributed by atoms with Gasteiger partial charge >= 0.3 is 5.97 Å². The molecule has 0 fully saturated rings. The molecule has 2 rings (SSSR count). The van der Waals surface area contributed by atoms with E-state index in [1.165, 1.54) is 6.07 Å². The van der Waals surface area contributed by atoms with E-state index < -0.39 is 5.97 Å². The highest BCUT2D eigenvalue weighted by atomic mass is 35.5. The molecule has 1 heterocycles. The highest BCUT2D eigenvalue weighted by molar-refractivity contribution is 6.31.